The molecule has 0 saturated carbocycles. The van der Waals surface area contributed by atoms with Gasteiger partial charge in [-0.2, -0.15) is 13.2 Å². The number of aromatic nitrogens is 2. The van der Waals surface area contributed by atoms with Gasteiger partial charge >= 0.3 is 6.18 Å². The molecule has 1 aromatic heterocycles. The lowest BCUT2D eigenvalue weighted by molar-refractivity contribution is -0.137. The molecule has 2 N–H and O–H groups in total. The highest BCUT2D eigenvalue weighted by Gasteiger charge is 2.35. The molecule has 3 aromatic rings. The van der Waals surface area contributed by atoms with Crippen LogP contribution in [0.25, 0.3) is 11.4 Å². The van der Waals surface area contributed by atoms with Gasteiger partial charge in [0.1, 0.15) is 17.5 Å². The maximum Gasteiger partial charge on any atom is 0.417 e. The Bertz CT molecular complexity index is 1340. The van der Waals surface area contributed by atoms with Crippen LogP contribution in [0, 0.1) is 5.82 Å². The minimum absolute atomic E-state index is 0.0683. The van der Waals surface area contributed by atoms with Gasteiger partial charge in [-0.25, -0.2) is 24.3 Å². The summed E-state index contributed by atoms with van der Waals surface area (Å²) in [6.07, 6.45) is -3.16. The molecule has 0 radical (unpaired) electrons. The summed E-state index contributed by atoms with van der Waals surface area (Å²) in [5, 5.41) is 5.78. The predicted molar refractivity (Wildman–Crippen MR) is 115 cm³/mol. The Morgan fingerprint density at radius 2 is 1.79 bits per heavy atom. The molecule has 3 heterocycles. The van der Waals surface area contributed by atoms with E-state index in [1.54, 1.807) is 13.0 Å². The van der Waals surface area contributed by atoms with E-state index in [1.807, 2.05) is 0 Å². The summed E-state index contributed by atoms with van der Waals surface area (Å²) in [7, 11) is 1.43. The number of nitrogens with one attached hydrogen (secondary N) is 2. The van der Waals surface area contributed by atoms with Crippen molar-refractivity contribution < 1.29 is 22.3 Å². The molecule has 2 aliphatic rings. The van der Waals surface area contributed by atoms with Crippen LogP contribution >= 0.6 is 0 Å². The maximum absolute atomic E-state index is 13.9. The number of rotatable bonds is 3. The van der Waals surface area contributed by atoms with Crippen molar-refractivity contribution in [1.29, 1.82) is 0 Å². The molecule has 0 bridgehead atoms. The summed E-state index contributed by atoms with van der Waals surface area (Å²) in [6, 6.07) is 9.55. The molecule has 11 heteroatoms. The van der Waals surface area contributed by atoms with Crippen LogP contribution in [-0.4, -0.2) is 35.0 Å². The number of methoxy groups -OCH3 is 1. The van der Waals surface area contributed by atoms with E-state index in [4.69, 9.17) is 4.74 Å². The molecule has 7 nitrogen and oxygen atoms in total. The largest absolute Gasteiger partial charge is 0.417 e. The topological polar surface area (TPSA) is 83.8 Å². The van der Waals surface area contributed by atoms with E-state index in [2.05, 4.69) is 30.6 Å². The molecule has 5 rings (SSSR count). The molecule has 2 aromatic carbocycles. The van der Waals surface area contributed by atoms with E-state index in [0.29, 0.717) is 22.6 Å². The molecule has 1 atom stereocenters. The van der Waals surface area contributed by atoms with Crippen LogP contribution in [0.2, 0.25) is 0 Å². The lowest BCUT2D eigenvalue weighted by Crippen LogP contribution is -2.38. The zero-order valence-corrected chi connectivity index (χ0v) is 17.3. The first kappa shape index (κ1) is 21.0. The summed E-state index contributed by atoms with van der Waals surface area (Å²) >= 11 is 0. The first-order chi connectivity index (χ1) is 15.7. The van der Waals surface area contributed by atoms with Crippen molar-refractivity contribution in [3.63, 3.8) is 0 Å². The smallest absolute Gasteiger partial charge is 0.340 e. The second-order valence-electron chi connectivity index (χ2n) is 7.49. The number of anilines is 2. The van der Waals surface area contributed by atoms with Gasteiger partial charge in [0.2, 0.25) is 5.85 Å². The van der Waals surface area contributed by atoms with Crippen molar-refractivity contribution in [3.8, 4) is 11.4 Å². The molecule has 0 fully saturated rings. The van der Waals surface area contributed by atoms with E-state index in [0.717, 1.165) is 6.07 Å². The quantitative estimate of drug-likeness (QED) is 0.544. The Morgan fingerprint density at radius 3 is 2.55 bits per heavy atom. The van der Waals surface area contributed by atoms with E-state index >= 15 is 0 Å². The van der Waals surface area contributed by atoms with Crippen molar-refractivity contribution in [1.82, 2.24) is 9.97 Å². The number of hydrogen-bond donors (Lipinski definition) is 2. The number of para-hydroxylation sites is 1. The minimum Gasteiger partial charge on any atom is -0.340 e. The van der Waals surface area contributed by atoms with Gasteiger partial charge in [0.15, 0.2) is 11.6 Å². The van der Waals surface area contributed by atoms with E-state index < -0.39 is 23.4 Å². The molecule has 0 amide bonds. The highest BCUT2D eigenvalue weighted by Crippen LogP contribution is 2.39. The van der Waals surface area contributed by atoms with Gasteiger partial charge in [-0.15, -0.1) is 0 Å². The fourth-order valence-electron chi connectivity index (χ4n) is 3.51. The minimum atomic E-state index is -4.61. The molecule has 0 saturated heterocycles. The Labute approximate surface area is 185 Å². The number of nitrogens with zero attached hydrogens (tertiary/aromatic N) is 4. The zero-order valence-electron chi connectivity index (χ0n) is 17.3. The van der Waals surface area contributed by atoms with Crippen LogP contribution in [0.15, 0.2) is 52.4 Å². The second-order valence-corrected chi connectivity index (χ2v) is 7.49. The fourth-order valence-corrected chi connectivity index (χ4v) is 3.51. The van der Waals surface area contributed by atoms with Crippen LogP contribution in [0.5, 0.6) is 0 Å². The molecular weight excluding hydrogens is 440 g/mol. The maximum atomic E-state index is 13.9. The Hall–Kier alpha value is -3.86. The summed E-state index contributed by atoms with van der Waals surface area (Å²) in [4.78, 5) is 17.4. The van der Waals surface area contributed by atoms with E-state index in [-0.39, 0.29) is 23.0 Å². The highest BCUT2D eigenvalue weighted by molar-refractivity contribution is 6.22. The number of fused-ring (bicyclic) bond motifs is 2. The van der Waals surface area contributed by atoms with Crippen molar-refractivity contribution in [2.45, 2.75) is 18.9 Å². The van der Waals surface area contributed by atoms with Crippen molar-refractivity contribution >= 4 is 29.4 Å². The zero-order chi connectivity index (χ0) is 23.4. The average Bonchev–Trinajstić information content (AvgIpc) is 2.77. The van der Waals surface area contributed by atoms with E-state index in [1.165, 1.54) is 43.7 Å². The second kappa shape index (κ2) is 7.34. The summed E-state index contributed by atoms with van der Waals surface area (Å²) < 4.78 is 60.1. The monoisotopic (exact) mass is 456 g/mol. The lowest BCUT2D eigenvalue weighted by Gasteiger charge is -2.30. The number of ether oxygens (including phenoxy) is 1. The van der Waals surface area contributed by atoms with Gasteiger partial charge < -0.3 is 15.4 Å². The molecular formula is C22H16F4N6O. The predicted octanol–water partition coefficient (Wildman–Crippen LogP) is 4.97. The number of alkyl halides is 3. The van der Waals surface area contributed by atoms with Gasteiger partial charge in [0.05, 0.1) is 16.8 Å². The number of benzene rings is 2. The summed E-state index contributed by atoms with van der Waals surface area (Å²) in [6.45, 7) is 1.63. The first-order valence-electron chi connectivity index (χ1n) is 9.80. The summed E-state index contributed by atoms with van der Waals surface area (Å²) in [5.41, 5.74) is 0.0990. The lowest BCUT2D eigenvalue weighted by atomic mass is 10.0. The van der Waals surface area contributed by atoms with Gasteiger partial charge in [0.25, 0.3) is 0 Å². The number of halogens is 4. The molecule has 33 heavy (non-hydrogen) atoms. The molecule has 0 spiro atoms. The van der Waals surface area contributed by atoms with Crippen LogP contribution in [0.1, 0.15) is 23.6 Å². The molecule has 1 unspecified atom stereocenters. The van der Waals surface area contributed by atoms with Crippen molar-refractivity contribution in [3.05, 3.63) is 65.0 Å². The molecule has 168 valence electrons. The van der Waals surface area contributed by atoms with Crippen LogP contribution in [-0.2, 0) is 10.9 Å². The first-order valence-corrected chi connectivity index (χ1v) is 9.80. The normalized spacial score (nSPS) is 19.9. The van der Waals surface area contributed by atoms with Gasteiger partial charge in [-0.3, -0.25) is 0 Å². The average molecular weight is 456 g/mol. The summed E-state index contributed by atoms with van der Waals surface area (Å²) in [5.74, 6) is -1.19. The van der Waals surface area contributed by atoms with Gasteiger partial charge in [-0.1, -0.05) is 24.3 Å². The molecule has 0 aliphatic carbocycles. The number of aliphatic imine (C=N–C) groups is 2. The fraction of sp³-hybridized carbons (Fsp3) is 0.182. The van der Waals surface area contributed by atoms with Crippen LogP contribution < -0.4 is 10.6 Å². The molecule has 2 aliphatic heterocycles. The third-order valence-corrected chi connectivity index (χ3v) is 5.32. The SMILES string of the molecule is COC1(C)N=Cc2c(N=C3Nc4c(F)cccc43)nc(-c3ccccc3C(F)(F)F)nc2N1. The number of amidine groups is 1. The van der Waals surface area contributed by atoms with Crippen molar-refractivity contribution in [2.75, 3.05) is 17.7 Å². The third-order valence-electron chi connectivity index (χ3n) is 5.32. The number of hydrogen-bond acceptors (Lipinski definition) is 6. The van der Waals surface area contributed by atoms with Gasteiger partial charge in [0, 0.05) is 31.4 Å². The Balaban J connectivity index is 1.70. The van der Waals surface area contributed by atoms with Crippen LogP contribution in [0.3, 0.4) is 0 Å². The van der Waals surface area contributed by atoms with Crippen molar-refractivity contribution in [2.24, 2.45) is 9.98 Å². The van der Waals surface area contributed by atoms with E-state index in [9.17, 15) is 17.6 Å². The Kier molecular flexibility index (Phi) is 4.67. The Morgan fingerprint density at radius 1 is 1.03 bits per heavy atom. The highest BCUT2D eigenvalue weighted by atomic mass is 19.4. The standard InChI is InChI=1S/C22H16F4N6O/c1-21(33-2)27-10-13-19(30-18-12-7-5-9-15(23)16(12)28-18)29-17(31-20(13)32-21)11-6-3-4-8-14(11)22(24,25)26/h3-10H,1-2H3,(H2,28,29,30,31,32). The van der Waals surface area contributed by atoms with Gasteiger partial charge in [-0.05, 0) is 18.2 Å². The van der Waals surface area contributed by atoms with Crippen LogP contribution in [0.4, 0.5) is 34.9 Å². The third kappa shape index (κ3) is 3.59.